The van der Waals surface area contributed by atoms with Crippen molar-refractivity contribution in [2.75, 3.05) is 39.6 Å². The maximum Gasteiger partial charge on any atom is 0.204 e. The quantitative estimate of drug-likeness (QED) is 0.0517. The number of hydrogen-bond acceptors (Lipinski definition) is 8. The lowest BCUT2D eigenvalue weighted by atomic mass is 9.82. The van der Waals surface area contributed by atoms with Gasteiger partial charge in [0.15, 0.2) is 34.6 Å². The highest BCUT2D eigenvalue weighted by Gasteiger charge is 2.41. The van der Waals surface area contributed by atoms with E-state index in [1.54, 1.807) is 0 Å². The van der Waals surface area contributed by atoms with E-state index in [2.05, 4.69) is 55.4 Å². The molecule has 0 heterocycles. The van der Waals surface area contributed by atoms with Gasteiger partial charge in [0.05, 0.1) is 50.8 Å². The van der Waals surface area contributed by atoms with Gasteiger partial charge in [-0.15, -0.1) is 0 Å². The topological polar surface area (TPSA) is 89.5 Å². The van der Waals surface area contributed by atoms with Crippen LogP contribution in [0.5, 0.6) is 34.5 Å². The summed E-state index contributed by atoms with van der Waals surface area (Å²) in [5, 5.41) is 0. The fraction of sp³-hybridized carbons (Fsp3) is 0.821. The highest BCUT2D eigenvalue weighted by Crippen LogP contribution is 2.51. The van der Waals surface area contributed by atoms with E-state index in [-0.39, 0.29) is 45.7 Å². The Kier molecular flexibility index (Phi) is 46.8. The lowest BCUT2D eigenvalue weighted by molar-refractivity contribution is 0.0965. The molecule has 2 aromatic carbocycles. The van der Waals surface area contributed by atoms with Crippen molar-refractivity contribution in [1.82, 2.24) is 0 Å². The first kappa shape index (κ1) is 76.8. The molecule has 8 heteroatoms. The van der Waals surface area contributed by atoms with Crippen LogP contribution in [0.2, 0.25) is 0 Å². The third-order valence-electron chi connectivity index (χ3n) is 18.4. The Labute approximate surface area is 531 Å². The number of fused-ring (bicyclic) bond motifs is 2. The zero-order valence-corrected chi connectivity index (χ0v) is 57.8. The van der Waals surface area contributed by atoms with Gasteiger partial charge in [-0.05, 0) is 62.5 Å². The van der Waals surface area contributed by atoms with Gasteiger partial charge in [-0.25, -0.2) is 0 Å². The first-order valence-corrected chi connectivity index (χ1v) is 37.6. The molecular weight excluding hydrogens is 1060 g/mol. The molecule has 0 N–H and O–H groups in total. The fourth-order valence-corrected chi connectivity index (χ4v) is 12.3. The molecule has 0 saturated carbocycles. The van der Waals surface area contributed by atoms with E-state index in [4.69, 9.17) is 28.4 Å². The number of hydrogen-bond donors (Lipinski definition) is 0. The Morgan fingerprint density at radius 3 is 0.744 bits per heavy atom. The van der Waals surface area contributed by atoms with Gasteiger partial charge in [0, 0.05) is 11.1 Å². The largest absolute Gasteiger partial charge is 0.490 e. The second-order valence-corrected chi connectivity index (χ2v) is 26.1. The zero-order valence-electron chi connectivity index (χ0n) is 57.8. The smallest absolute Gasteiger partial charge is 0.204 e. The number of ketones is 2. The molecule has 0 amide bonds. The summed E-state index contributed by atoms with van der Waals surface area (Å²) in [6, 6.07) is 3.62. The molecule has 0 aromatic heterocycles. The van der Waals surface area contributed by atoms with Crippen molar-refractivity contribution < 1.29 is 38.0 Å². The van der Waals surface area contributed by atoms with Crippen LogP contribution in [0.4, 0.5) is 0 Å². The first-order chi connectivity index (χ1) is 42.3. The van der Waals surface area contributed by atoms with Crippen LogP contribution in [0.3, 0.4) is 0 Å². The average molecular weight is 1200 g/mol. The van der Waals surface area contributed by atoms with E-state index >= 15 is 9.59 Å². The summed E-state index contributed by atoms with van der Waals surface area (Å²) in [5.74, 6) is 2.56. The molecule has 0 radical (unpaired) electrons. The molecule has 0 fully saturated rings. The van der Waals surface area contributed by atoms with Gasteiger partial charge in [-0.2, -0.15) is 0 Å². The Morgan fingerprint density at radius 2 is 0.500 bits per heavy atom. The molecule has 2 aromatic rings. The standard InChI is InChI=1S/C78H136O8/c1-9-17-23-27-31-35-39-43-47-51-57-81-69-61-67-71(77(85-63-65(15-7)55-21-13-5)75(69)83-59-53-49-45-41-37-33-29-25-19-11-3)74(80)68-62-70(82-58-52-48-44-40-36-32-28-24-18-10-2)76(84-60-54-50-46-42-38-34-30-26-20-12-4)78(72(68)73(67)79)86-64-66(16-8)56-22-14-6/h61-62,65-66H,9-60,63-64H2,1-8H3. The van der Waals surface area contributed by atoms with Crippen LogP contribution in [0.25, 0.3) is 0 Å². The molecule has 2 unspecified atom stereocenters. The van der Waals surface area contributed by atoms with Gasteiger partial charge in [0.25, 0.3) is 0 Å². The van der Waals surface area contributed by atoms with Crippen molar-refractivity contribution in [3.05, 3.63) is 34.4 Å². The Bertz CT molecular complexity index is 1840. The SMILES string of the molecule is CCCCCCCCCCCCOc1cc2c(c(OCC(CC)CCCC)c1OCCCCCCCCCCCC)C(=O)c1cc(OCCCCCCCCCCCC)c(OCCCCCCCCCCCC)c(OCC(CC)CCCC)c1C2=O. The second-order valence-electron chi connectivity index (χ2n) is 26.1. The molecule has 2 atom stereocenters. The van der Waals surface area contributed by atoms with E-state index in [0.29, 0.717) is 74.1 Å². The molecule has 496 valence electrons. The lowest BCUT2D eigenvalue weighted by Crippen LogP contribution is -2.26. The third-order valence-corrected chi connectivity index (χ3v) is 18.4. The van der Waals surface area contributed by atoms with Gasteiger partial charge >= 0.3 is 0 Å². The van der Waals surface area contributed by atoms with Crippen molar-refractivity contribution in [2.24, 2.45) is 11.8 Å². The summed E-state index contributed by atoms with van der Waals surface area (Å²) in [7, 11) is 0. The van der Waals surface area contributed by atoms with Crippen LogP contribution in [-0.2, 0) is 0 Å². The molecule has 0 spiro atoms. The van der Waals surface area contributed by atoms with E-state index in [1.807, 2.05) is 12.1 Å². The maximum atomic E-state index is 15.9. The molecule has 3 rings (SSSR count). The van der Waals surface area contributed by atoms with Crippen molar-refractivity contribution in [2.45, 2.75) is 364 Å². The van der Waals surface area contributed by atoms with Crippen LogP contribution >= 0.6 is 0 Å². The first-order valence-electron chi connectivity index (χ1n) is 37.6. The van der Waals surface area contributed by atoms with Crippen LogP contribution in [-0.4, -0.2) is 51.2 Å². The van der Waals surface area contributed by atoms with Crippen molar-refractivity contribution >= 4 is 11.6 Å². The molecule has 0 aliphatic heterocycles. The minimum absolute atomic E-state index is 0.261. The molecule has 0 bridgehead atoms. The van der Waals surface area contributed by atoms with E-state index in [1.165, 1.54) is 205 Å². The van der Waals surface area contributed by atoms with Crippen LogP contribution in [0.15, 0.2) is 12.1 Å². The lowest BCUT2D eigenvalue weighted by Gasteiger charge is -2.28. The minimum atomic E-state index is -0.274. The van der Waals surface area contributed by atoms with Crippen LogP contribution in [0.1, 0.15) is 395 Å². The molecule has 1 aliphatic carbocycles. The van der Waals surface area contributed by atoms with Crippen molar-refractivity contribution in [3.8, 4) is 34.5 Å². The number of benzene rings is 2. The Balaban J connectivity index is 2.15. The van der Waals surface area contributed by atoms with Crippen LogP contribution < -0.4 is 28.4 Å². The number of carbonyl (C=O) groups excluding carboxylic acids is 2. The highest BCUT2D eigenvalue weighted by atomic mass is 16.5. The summed E-state index contributed by atoms with van der Waals surface area (Å²) in [5.41, 5.74) is 1.09. The molecular formula is C78H136O8. The van der Waals surface area contributed by atoms with Gasteiger partial charge in [-0.1, -0.05) is 325 Å². The summed E-state index contributed by atoms with van der Waals surface area (Å²) < 4.78 is 41.5. The predicted molar refractivity (Wildman–Crippen MR) is 367 cm³/mol. The number of rotatable bonds is 62. The number of unbranched alkanes of at least 4 members (excludes halogenated alkanes) is 38. The summed E-state index contributed by atoms with van der Waals surface area (Å²) >= 11 is 0. The minimum Gasteiger partial charge on any atom is -0.490 e. The van der Waals surface area contributed by atoms with Gasteiger partial charge in [0.2, 0.25) is 11.5 Å². The average Bonchev–Trinajstić information content (AvgIpc) is 1.08. The predicted octanol–water partition coefficient (Wildman–Crippen LogP) is 24.9. The Morgan fingerprint density at radius 1 is 0.267 bits per heavy atom. The second kappa shape index (κ2) is 52.4. The maximum absolute atomic E-state index is 15.9. The van der Waals surface area contributed by atoms with Crippen molar-refractivity contribution in [1.29, 1.82) is 0 Å². The fourth-order valence-electron chi connectivity index (χ4n) is 12.3. The van der Waals surface area contributed by atoms with Gasteiger partial charge in [0.1, 0.15) is 0 Å². The summed E-state index contributed by atoms with van der Waals surface area (Å²) in [6.07, 6.45) is 57.3. The van der Waals surface area contributed by atoms with Gasteiger partial charge < -0.3 is 28.4 Å². The molecule has 8 nitrogen and oxygen atoms in total. The number of carbonyl (C=O) groups is 2. The zero-order chi connectivity index (χ0) is 61.9. The third kappa shape index (κ3) is 31.8. The van der Waals surface area contributed by atoms with E-state index in [0.717, 1.165) is 103 Å². The van der Waals surface area contributed by atoms with Crippen molar-refractivity contribution in [3.63, 3.8) is 0 Å². The summed E-state index contributed by atoms with van der Waals surface area (Å²) in [6.45, 7) is 20.8. The molecule has 0 saturated heterocycles. The van der Waals surface area contributed by atoms with Crippen LogP contribution in [0, 0.1) is 11.8 Å². The normalized spacial score (nSPS) is 12.8. The van der Waals surface area contributed by atoms with E-state index in [9.17, 15) is 0 Å². The molecule has 86 heavy (non-hydrogen) atoms. The van der Waals surface area contributed by atoms with E-state index < -0.39 is 0 Å². The van der Waals surface area contributed by atoms with Gasteiger partial charge in [-0.3, -0.25) is 9.59 Å². The number of ether oxygens (including phenoxy) is 6. The highest BCUT2D eigenvalue weighted by molar-refractivity contribution is 6.31. The molecule has 1 aliphatic rings. The summed E-state index contributed by atoms with van der Waals surface area (Å²) in [4.78, 5) is 31.9. The Hall–Kier alpha value is -3.42. The monoisotopic (exact) mass is 1200 g/mol.